The molecule has 0 N–H and O–H groups in total. The summed E-state index contributed by atoms with van der Waals surface area (Å²) >= 11 is 0. The van der Waals surface area contributed by atoms with Crippen LogP contribution in [0.3, 0.4) is 0 Å². The highest BCUT2D eigenvalue weighted by molar-refractivity contribution is 7.80. The third kappa shape index (κ3) is 7.09. The molecule has 0 aliphatic carbocycles. The lowest BCUT2D eigenvalue weighted by molar-refractivity contribution is 0.405. The molecule has 3 aromatic rings. The topological polar surface area (TPSA) is 18.5 Å². The minimum atomic E-state index is -2.68. The maximum Gasteiger partial charge on any atom is 0.349 e. The Kier molecular flexibility index (Phi) is 8.28. The molecular formula is C28H41O2PSi3. The molecule has 182 valence electrons. The summed E-state index contributed by atoms with van der Waals surface area (Å²) in [5.41, 5.74) is 3.87. The van der Waals surface area contributed by atoms with Gasteiger partial charge in [-0.3, -0.25) is 0 Å². The standard InChI is InChI=1S/C28H41O2PSi3/c1-22-13-11-15-25(19-22)31(26-16-12-14-23(2)20-26)27-21-24(3)17-18-28(27)34(10,29-32(4,5)6)30-33(7,8)9/h11-21H,1-10H3. The largest absolute Gasteiger partial charge is 0.433 e. The molecule has 0 heterocycles. The smallest absolute Gasteiger partial charge is 0.349 e. The second kappa shape index (κ2) is 10.3. The van der Waals surface area contributed by atoms with E-state index in [1.165, 1.54) is 37.8 Å². The zero-order chi connectivity index (χ0) is 25.3. The monoisotopic (exact) mass is 524 g/mol. The molecule has 0 atom stereocenters. The van der Waals surface area contributed by atoms with Crippen molar-refractivity contribution in [3.05, 3.63) is 83.4 Å². The lowest BCUT2D eigenvalue weighted by Gasteiger charge is -2.40. The van der Waals surface area contributed by atoms with E-state index < -0.39 is 33.1 Å². The van der Waals surface area contributed by atoms with Gasteiger partial charge in [-0.05, 0) is 90.4 Å². The highest BCUT2D eigenvalue weighted by Gasteiger charge is 2.44. The molecule has 0 saturated heterocycles. The van der Waals surface area contributed by atoms with E-state index in [-0.39, 0.29) is 0 Å². The quantitative estimate of drug-likeness (QED) is 0.252. The first-order valence-corrected chi connectivity index (χ1v) is 22.6. The van der Waals surface area contributed by atoms with Crippen molar-refractivity contribution in [2.75, 3.05) is 0 Å². The van der Waals surface area contributed by atoms with Crippen LogP contribution in [0.2, 0.25) is 45.8 Å². The zero-order valence-corrected chi connectivity index (χ0v) is 26.5. The molecule has 0 saturated carbocycles. The Morgan fingerprint density at radius 2 is 1.00 bits per heavy atom. The first-order chi connectivity index (χ1) is 15.7. The van der Waals surface area contributed by atoms with Crippen LogP contribution in [0.4, 0.5) is 0 Å². The van der Waals surface area contributed by atoms with E-state index in [0.29, 0.717) is 0 Å². The third-order valence-corrected chi connectivity index (χ3v) is 17.5. The molecule has 3 rings (SSSR count). The molecular weight excluding hydrogens is 484 g/mol. The maximum atomic E-state index is 7.04. The van der Waals surface area contributed by atoms with Crippen LogP contribution in [-0.2, 0) is 8.23 Å². The fourth-order valence-corrected chi connectivity index (χ4v) is 19.7. The number of hydrogen-bond donors (Lipinski definition) is 0. The summed E-state index contributed by atoms with van der Waals surface area (Å²) in [4.78, 5) is 0. The minimum absolute atomic E-state index is 0.757. The van der Waals surface area contributed by atoms with Gasteiger partial charge in [0.25, 0.3) is 0 Å². The van der Waals surface area contributed by atoms with Crippen molar-refractivity contribution in [1.29, 1.82) is 0 Å². The summed E-state index contributed by atoms with van der Waals surface area (Å²) in [6.07, 6.45) is 0. The van der Waals surface area contributed by atoms with Gasteiger partial charge in [-0.2, -0.15) is 0 Å². The predicted octanol–water partition coefficient (Wildman–Crippen LogP) is 6.35. The second-order valence-electron chi connectivity index (χ2n) is 11.4. The molecule has 0 unspecified atom stereocenters. The molecule has 2 nitrogen and oxygen atoms in total. The molecule has 0 amide bonds. The van der Waals surface area contributed by atoms with Crippen LogP contribution in [0.5, 0.6) is 0 Å². The SMILES string of the molecule is Cc1cccc(P(c2cccc(C)c2)c2cc(C)ccc2[Si](C)(O[Si](C)(C)C)O[Si](C)(C)C)c1. The molecule has 0 bridgehead atoms. The van der Waals surface area contributed by atoms with Crippen LogP contribution in [-0.4, -0.2) is 25.2 Å². The van der Waals surface area contributed by atoms with Crippen molar-refractivity contribution >= 4 is 54.2 Å². The Morgan fingerprint density at radius 3 is 1.41 bits per heavy atom. The summed E-state index contributed by atoms with van der Waals surface area (Å²) < 4.78 is 14.1. The summed E-state index contributed by atoms with van der Waals surface area (Å²) in [5.74, 6) is 0. The molecule has 0 spiro atoms. The van der Waals surface area contributed by atoms with Crippen LogP contribution < -0.4 is 21.1 Å². The highest BCUT2D eigenvalue weighted by Crippen LogP contribution is 2.34. The van der Waals surface area contributed by atoms with Gasteiger partial charge in [-0.25, -0.2) is 0 Å². The fraction of sp³-hybridized carbons (Fsp3) is 0.357. The van der Waals surface area contributed by atoms with Crippen molar-refractivity contribution in [1.82, 2.24) is 0 Å². The Balaban J connectivity index is 2.34. The molecule has 0 aromatic heterocycles. The van der Waals surface area contributed by atoms with E-state index in [9.17, 15) is 0 Å². The lowest BCUT2D eigenvalue weighted by Crippen LogP contribution is -2.63. The van der Waals surface area contributed by atoms with Gasteiger partial charge in [0.2, 0.25) is 0 Å². The number of hydrogen-bond acceptors (Lipinski definition) is 2. The van der Waals surface area contributed by atoms with Gasteiger partial charge in [0.1, 0.15) is 0 Å². The summed E-state index contributed by atoms with van der Waals surface area (Å²) in [6, 6.07) is 25.0. The van der Waals surface area contributed by atoms with E-state index in [1.807, 2.05) is 0 Å². The molecule has 3 aromatic carbocycles. The second-order valence-corrected chi connectivity index (χ2v) is 26.1. The number of aryl methyl sites for hydroxylation is 3. The van der Waals surface area contributed by atoms with Crippen LogP contribution in [0, 0.1) is 20.8 Å². The Morgan fingerprint density at radius 1 is 0.559 bits per heavy atom. The van der Waals surface area contributed by atoms with E-state index in [4.69, 9.17) is 8.23 Å². The van der Waals surface area contributed by atoms with Gasteiger partial charge in [-0.1, -0.05) is 83.4 Å². The van der Waals surface area contributed by atoms with Gasteiger partial charge in [0.15, 0.2) is 16.6 Å². The molecule has 0 radical (unpaired) electrons. The van der Waals surface area contributed by atoms with E-state index in [0.717, 1.165) is 0 Å². The average molecular weight is 525 g/mol. The molecule has 0 fully saturated rings. The van der Waals surface area contributed by atoms with Gasteiger partial charge in [0, 0.05) is 5.19 Å². The summed E-state index contributed by atoms with van der Waals surface area (Å²) in [5, 5.41) is 5.45. The first kappa shape index (κ1) is 27.3. The van der Waals surface area contributed by atoms with Crippen molar-refractivity contribution in [3.63, 3.8) is 0 Å². The third-order valence-electron chi connectivity index (χ3n) is 5.40. The van der Waals surface area contributed by atoms with Crippen molar-refractivity contribution < 1.29 is 8.23 Å². The Bertz CT molecular complexity index is 1090. The summed E-state index contributed by atoms with van der Waals surface area (Å²) in [6.45, 7) is 22.5. The Hall–Kier alpha value is -1.34. The normalized spacial score (nSPS) is 12.9. The highest BCUT2D eigenvalue weighted by atomic mass is 31.1. The van der Waals surface area contributed by atoms with Crippen LogP contribution in [0.1, 0.15) is 16.7 Å². The van der Waals surface area contributed by atoms with Crippen molar-refractivity contribution in [2.45, 2.75) is 66.6 Å². The fourth-order valence-electron chi connectivity index (χ4n) is 4.47. The van der Waals surface area contributed by atoms with Crippen molar-refractivity contribution in [3.8, 4) is 0 Å². The van der Waals surface area contributed by atoms with Gasteiger partial charge < -0.3 is 8.23 Å². The average Bonchev–Trinajstić information content (AvgIpc) is 2.65. The first-order valence-electron chi connectivity index (χ1n) is 12.1. The van der Waals surface area contributed by atoms with E-state index >= 15 is 0 Å². The molecule has 6 heteroatoms. The van der Waals surface area contributed by atoms with Gasteiger partial charge in [0.05, 0.1) is 0 Å². The number of benzene rings is 3. The van der Waals surface area contributed by atoms with Gasteiger partial charge >= 0.3 is 8.56 Å². The maximum absolute atomic E-state index is 7.04. The number of rotatable bonds is 8. The van der Waals surface area contributed by atoms with Crippen LogP contribution >= 0.6 is 7.92 Å². The molecule has 34 heavy (non-hydrogen) atoms. The van der Waals surface area contributed by atoms with Crippen LogP contribution in [0.25, 0.3) is 0 Å². The minimum Gasteiger partial charge on any atom is -0.433 e. The van der Waals surface area contributed by atoms with E-state index in [2.05, 4.69) is 133 Å². The van der Waals surface area contributed by atoms with Gasteiger partial charge in [-0.15, -0.1) is 0 Å². The molecule has 0 aliphatic heterocycles. The zero-order valence-electron chi connectivity index (χ0n) is 22.6. The predicted molar refractivity (Wildman–Crippen MR) is 159 cm³/mol. The van der Waals surface area contributed by atoms with Crippen LogP contribution in [0.15, 0.2) is 66.7 Å². The lowest BCUT2D eigenvalue weighted by atomic mass is 10.2. The van der Waals surface area contributed by atoms with E-state index in [1.54, 1.807) is 0 Å². The molecule has 0 aliphatic rings. The summed E-state index contributed by atoms with van der Waals surface area (Å²) in [7, 11) is -7.15. The van der Waals surface area contributed by atoms with Crippen molar-refractivity contribution in [2.24, 2.45) is 0 Å². The Labute approximate surface area is 212 Å².